The number of aryl methyl sites for hydroxylation is 1. The van der Waals surface area contributed by atoms with Gasteiger partial charge in [0.1, 0.15) is 5.82 Å². The summed E-state index contributed by atoms with van der Waals surface area (Å²) in [4.78, 5) is 15.3. The first kappa shape index (κ1) is 22.7. The SMILES string of the molecule is Cc1ccc(C(=O)Nc2cc(F)ccc2N2CCCCC2)cc1S(=O)(=O)N1CCOCC1. The molecule has 1 N–H and O–H groups in total. The summed E-state index contributed by atoms with van der Waals surface area (Å²) in [6, 6.07) is 8.98. The topological polar surface area (TPSA) is 79.0 Å². The standard InChI is InChI=1S/C23H28FN3O4S/c1-17-5-6-18(15-22(17)32(29,30)27-11-13-31-14-12-27)23(28)25-20-16-19(24)7-8-21(20)26-9-3-2-4-10-26/h5-8,15-16H,2-4,9-14H2,1H3,(H,25,28). The molecule has 1 amide bonds. The number of amides is 1. The zero-order valence-electron chi connectivity index (χ0n) is 18.1. The molecule has 9 heteroatoms. The normalized spacial score (nSPS) is 17.9. The van der Waals surface area contributed by atoms with Crippen LogP contribution in [-0.2, 0) is 14.8 Å². The van der Waals surface area contributed by atoms with Crippen molar-refractivity contribution in [2.45, 2.75) is 31.1 Å². The predicted molar refractivity (Wildman–Crippen MR) is 121 cm³/mol. The predicted octanol–water partition coefficient (Wildman–Crippen LogP) is 3.40. The first-order valence-electron chi connectivity index (χ1n) is 10.9. The molecule has 2 aromatic carbocycles. The molecule has 0 radical (unpaired) electrons. The number of hydrogen-bond acceptors (Lipinski definition) is 5. The van der Waals surface area contributed by atoms with Gasteiger partial charge in [-0.25, -0.2) is 12.8 Å². The zero-order valence-corrected chi connectivity index (χ0v) is 19.0. The molecule has 0 saturated carbocycles. The summed E-state index contributed by atoms with van der Waals surface area (Å²) in [7, 11) is -3.75. The van der Waals surface area contributed by atoms with Crippen molar-refractivity contribution < 1.29 is 22.3 Å². The number of hydrogen-bond donors (Lipinski definition) is 1. The molecule has 2 fully saturated rings. The smallest absolute Gasteiger partial charge is 0.255 e. The largest absolute Gasteiger partial charge is 0.379 e. The van der Waals surface area contributed by atoms with Crippen molar-refractivity contribution in [1.29, 1.82) is 0 Å². The van der Waals surface area contributed by atoms with Crippen LogP contribution in [0.3, 0.4) is 0 Å². The van der Waals surface area contributed by atoms with E-state index < -0.39 is 21.7 Å². The lowest BCUT2D eigenvalue weighted by Crippen LogP contribution is -2.40. The number of anilines is 2. The molecule has 2 aromatic rings. The van der Waals surface area contributed by atoms with Crippen molar-refractivity contribution in [3.8, 4) is 0 Å². The lowest BCUT2D eigenvalue weighted by atomic mass is 10.1. The van der Waals surface area contributed by atoms with Crippen molar-refractivity contribution in [3.05, 3.63) is 53.3 Å². The molecular weight excluding hydrogens is 433 g/mol. The fraction of sp³-hybridized carbons (Fsp3) is 0.435. The Labute approximate surface area is 188 Å². The summed E-state index contributed by atoms with van der Waals surface area (Å²) < 4.78 is 46.9. The van der Waals surface area contributed by atoms with Crippen LogP contribution in [0.4, 0.5) is 15.8 Å². The minimum atomic E-state index is -3.75. The maximum Gasteiger partial charge on any atom is 0.255 e. The second kappa shape index (κ2) is 9.56. The van der Waals surface area contributed by atoms with Crippen LogP contribution in [0.15, 0.2) is 41.3 Å². The molecule has 0 bridgehead atoms. The molecule has 2 aliphatic heterocycles. The number of benzene rings is 2. The second-order valence-electron chi connectivity index (χ2n) is 8.16. The number of sulfonamides is 1. The van der Waals surface area contributed by atoms with E-state index in [1.807, 2.05) is 0 Å². The third kappa shape index (κ3) is 4.79. The Kier molecular flexibility index (Phi) is 6.78. The third-order valence-electron chi connectivity index (χ3n) is 5.94. The van der Waals surface area contributed by atoms with E-state index in [1.165, 1.54) is 22.5 Å². The molecule has 0 unspecified atom stereocenters. The fourth-order valence-electron chi connectivity index (χ4n) is 4.16. The van der Waals surface area contributed by atoms with Gasteiger partial charge in [0.25, 0.3) is 5.91 Å². The van der Waals surface area contributed by atoms with E-state index in [0.717, 1.165) is 38.0 Å². The number of nitrogens with one attached hydrogen (secondary N) is 1. The van der Waals surface area contributed by atoms with E-state index in [0.29, 0.717) is 24.5 Å². The minimum absolute atomic E-state index is 0.0996. The highest BCUT2D eigenvalue weighted by Crippen LogP contribution is 2.30. The van der Waals surface area contributed by atoms with Crippen LogP contribution in [0.2, 0.25) is 0 Å². The van der Waals surface area contributed by atoms with Gasteiger partial charge < -0.3 is 15.0 Å². The summed E-state index contributed by atoms with van der Waals surface area (Å²) in [6.45, 7) is 4.65. The zero-order chi connectivity index (χ0) is 22.7. The molecule has 0 aromatic heterocycles. The molecule has 2 heterocycles. The van der Waals surface area contributed by atoms with Gasteiger partial charge in [0.15, 0.2) is 0 Å². The fourth-order valence-corrected chi connectivity index (χ4v) is 5.82. The van der Waals surface area contributed by atoms with E-state index in [1.54, 1.807) is 25.1 Å². The van der Waals surface area contributed by atoms with Crippen LogP contribution in [-0.4, -0.2) is 58.0 Å². The second-order valence-corrected chi connectivity index (χ2v) is 10.1. The number of rotatable bonds is 5. The van der Waals surface area contributed by atoms with Crippen LogP contribution in [0, 0.1) is 12.7 Å². The maximum absolute atomic E-state index is 14.0. The summed E-state index contributed by atoms with van der Waals surface area (Å²) in [5.41, 5.74) is 1.92. The Balaban J connectivity index is 1.61. The van der Waals surface area contributed by atoms with Gasteiger partial charge in [-0.15, -0.1) is 0 Å². The van der Waals surface area contributed by atoms with Gasteiger partial charge in [-0.3, -0.25) is 4.79 Å². The molecule has 2 saturated heterocycles. The van der Waals surface area contributed by atoms with Crippen molar-refractivity contribution >= 4 is 27.3 Å². The molecule has 0 aliphatic carbocycles. The lowest BCUT2D eigenvalue weighted by Gasteiger charge is -2.30. The minimum Gasteiger partial charge on any atom is -0.379 e. The summed E-state index contributed by atoms with van der Waals surface area (Å²) in [6.07, 6.45) is 3.25. The lowest BCUT2D eigenvalue weighted by molar-refractivity contribution is 0.0730. The number of morpholine rings is 1. The molecule has 4 rings (SSSR count). The van der Waals surface area contributed by atoms with Gasteiger partial charge in [-0.05, 0) is 62.1 Å². The van der Waals surface area contributed by atoms with Gasteiger partial charge in [-0.1, -0.05) is 6.07 Å². The number of halogens is 1. The highest BCUT2D eigenvalue weighted by Gasteiger charge is 2.28. The van der Waals surface area contributed by atoms with E-state index in [9.17, 15) is 17.6 Å². The highest BCUT2D eigenvalue weighted by atomic mass is 32.2. The number of ether oxygens (including phenoxy) is 1. The van der Waals surface area contributed by atoms with Crippen LogP contribution >= 0.6 is 0 Å². The Hall–Kier alpha value is -2.49. The van der Waals surface area contributed by atoms with Gasteiger partial charge in [0, 0.05) is 31.7 Å². The molecule has 7 nitrogen and oxygen atoms in total. The Morgan fingerprint density at radius 1 is 1.00 bits per heavy atom. The molecule has 0 spiro atoms. The van der Waals surface area contributed by atoms with Crippen LogP contribution < -0.4 is 10.2 Å². The highest BCUT2D eigenvalue weighted by molar-refractivity contribution is 7.89. The number of carbonyl (C=O) groups excluding carboxylic acids is 1. The van der Waals surface area contributed by atoms with Crippen LogP contribution in [0.25, 0.3) is 0 Å². The summed E-state index contributed by atoms with van der Waals surface area (Å²) in [5, 5.41) is 2.79. The van der Waals surface area contributed by atoms with Crippen molar-refractivity contribution in [2.24, 2.45) is 0 Å². The van der Waals surface area contributed by atoms with Gasteiger partial charge >= 0.3 is 0 Å². The van der Waals surface area contributed by atoms with Crippen LogP contribution in [0.5, 0.6) is 0 Å². The molecule has 172 valence electrons. The number of piperidine rings is 1. The van der Waals surface area contributed by atoms with E-state index >= 15 is 0 Å². The van der Waals surface area contributed by atoms with Crippen molar-refractivity contribution in [2.75, 3.05) is 49.6 Å². The van der Waals surface area contributed by atoms with Crippen molar-refractivity contribution in [3.63, 3.8) is 0 Å². The number of carbonyl (C=O) groups is 1. The van der Waals surface area contributed by atoms with Crippen molar-refractivity contribution in [1.82, 2.24) is 4.31 Å². The molecule has 2 aliphatic rings. The first-order valence-corrected chi connectivity index (χ1v) is 12.3. The Morgan fingerprint density at radius 3 is 2.44 bits per heavy atom. The summed E-state index contributed by atoms with van der Waals surface area (Å²) in [5.74, 6) is -0.923. The average molecular weight is 462 g/mol. The number of nitrogens with zero attached hydrogens (tertiary/aromatic N) is 2. The molecule has 0 atom stereocenters. The van der Waals surface area contributed by atoms with Gasteiger partial charge in [-0.2, -0.15) is 4.31 Å². The quantitative estimate of drug-likeness (QED) is 0.738. The van der Waals surface area contributed by atoms with E-state index in [2.05, 4.69) is 10.2 Å². The first-order chi connectivity index (χ1) is 15.4. The average Bonchev–Trinajstić information content (AvgIpc) is 2.80. The van der Waals surface area contributed by atoms with E-state index in [-0.39, 0.29) is 23.5 Å². The van der Waals surface area contributed by atoms with Crippen LogP contribution in [0.1, 0.15) is 35.2 Å². The molecular formula is C23H28FN3O4S. The Morgan fingerprint density at radius 2 is 1.72 bits per heavy atom. The Bertz CT molecular complexity index is 1090. The van der Waals surface area contributed by atoms with Gasteiger partial charge in [0.05, 0.1) is 29.5 Å². The third-order valence-corrected chi connectivity index (χ3v) is 7.98. The monoisotopic (exact) mass is 461 g/mol. The molecule has 32 heavy (non-hydrogen) atoms. The summed E-state index contributed by atoms with van der Waals surface area (Å²) >= 11 is 0. The maximum atomic E-state index is 14.0. The van der Waals surface area contributed by atoms with Gasteiger partial charge in [0.2, 0.25) is 10.0 Å². The van der Waals surface area contributed by atoms with E-state index in [4.69, 9.17) is 4.74 Å².